The zero-order valence-corrected chi connectivity index (χ0v) is 15.4. The minimum atomic E-state index is -3.29. The van der Waals surface area contributed by atoms with Gasteiger partial charge in [-0.1, -0.05) is 42.5 Å². The minimum absolute atomic E-state index is 0.0870. The normalized spacial score (nSPS) is 15.6. The van der Waals surface area contributed by atoms with Gasteiger partial charge in [-0.15, -0.1) is 0 Å². The van der Waals surface area contributed by atoms with Crippen molar-refractivity contribution in [1.29, 1.82) is 0 Å². The predicted molar refractivity (Wildman–Crippen MR) is 104 cm³/mol. The molecule has 136 valence electrons. The highest BCUT2D eigenvalue weighted by atomic mass is 32.2. The number of carbonyl (C=O) groups excluding carboxylic acids is 1. The topological polar surface area (TPSA) is 75.3 Å². The molecule has 0 aromatic heterocycles. The van der Waals surface area contributed by atoms with Gasteiger partial charge < -0.3 is 5.32 Å². The van der Waals surface area contributed by atoms with E-state index in [1.807, 2.05) is 18.2 Å². The molecule has 2 aromatic carbocycles. The summed E-state index contributed by atoms with van der Waals surface area (Å²) in [5.74, 6) is -0.134. The van der Waals surface area contributed by atoms with E-state index in [0.29, 0.717) is 12.2 Å². The fourth-order valence-corrected chi connectivity index (χ4v) is 3.44. The van der Waals surface area contributed by atoms with E-state index in [-0.39, 0.29) is 11.3 Å². The standard InChI is InChI=1S/C20H22N2O3S/c1-26(24,25)22-18-10-7-16(8-11-18)9-12-19(23)21-15-20(13-14-20)17-5-3-2-4-6-17/h2-12,22H,13-15H2,1H3,(H,21,23)/b12-9+. The Morgan fingerprint density at radius 2 is 1.73 bits per heavy atom. The summed E-state index contributed by atoms with van der Waals surface area (Å²) in [5.41, 5.74) is 2.68. The van der Waals surface area contributed by atoms with Crippen molar-refractivity contribution in [3.05, 3.63) is 71.8 Å². The molecule has 0 saturated heterocycles. The molecule has 1 aliphatic rings. The van der Waals surface area contributed by atoms with Gasteiger partial charge in [-0.25, -0.2) is 8.42 Å². The van der Waals surface area contributed by atoms with E-state index in [4.69, 9.17) is 0 Å². The van der Waals surface area contributed by atoms with E-state index < -0.39 is 10.0 Å². The first-order valence-corrected chi connectivity index (χ1v) is 10.3. The van der Waals surface area contributed by atoms with Gasteiger partial charge in [0.05, 0.1) is 6.26 Å². The Kier molecular flexibility index (Phi) is 5.13. The fraction of sp³-hybridized carbons (Fsp3) is 0.250. The second-order valence-corrected chi connectivity index (χ2v) is 8.44. The van der Waals surface area contributed by atoms with Crippen molar-refractivity contribution in [2.24, 2.45) is 0 Å². The van der Waals surface area contributed by atoms with Crippen LogP contribution in [0.5, 0.6) is 0 Å². The number of hydrogen-bond acceptors (Lipinski definition) is 3. The van der Waals surface area contributed by atoms with Crippen molar-refractivity contribution in [2.75, 3.05) is 17.5 Å². The number of carbonyl (C=O) groups is 1. The molecule has 1 saturated carbocycles. The van der Waals surface area contributed by atoms with Gasteiger partial charge in [-0.05, 0) is 42.2 Å². The smallest absolute Gasteiger partial charge is 0.244 e. The summed E-state index contributed by atoms with van der Waals surface area (Å²) in [7, 11) is -3.29. The summed E-state index contributed by atoms with van der Waals surface area (Å²) in [4.78, 5) is 12.1. The van der Waals surface area contributed by atoms with Gasteiger partial charge in [0.15, 0.2) is 0 Å². The molecule has 26 heavy (non-hydrogen) atoms. The zero-order valence-electron chi connectivity index (χ0n) is 14.6. The third-order valence-electron chi connectivity index (χ3n) is 4.48. The highest BCUT2D eigenvalue weighted by Gasteiger charge is 2.43. The zero-order chi connectivity index (χ0) is 18.6. The molecule has 6 heteroatoms. The monoisotopic (exact) mass is 370 g/mol. The Bertz CT molecular complexity index is 900. The van der Waals surface area contributed by atoms with Gasteiger partial charge >= 0.3 is 0 Å². The average Bonchev–Trinajstić information content (AvgIpc) is 3.40. The predicted octanol–water partition coefficient (Wildman–Crippen LogP) is 2.92. The highest BCUT2D eigenvalue weighted by Crippen LogP contribution is 2.47. The summed E-state index contributed by atoms with van der Waals surface area (Å²) >= 11 is 0. The van der Waals surface area contributed by atoms with Crippen molar-refractivity contribution in [2.45, 2.75) is 18.3 Å². The summed E-state index contributed by atoms with van der Waals surface area (Å²) in [6.07, 6.45) is 6.50. The number of hydrogen-bond donors (Lipinski definition) is 2. The van der Waals surface area contributed by atoms with Gasteiger partial charge in [-0.2, -0.15) is 0 Å². The minimum Gasteiger partial charge on any atom is -0.352 e. The molecule has 2 aromatic rings. The van der Waals surface area contributed by atoms with E-state index in [2.05, 4.69) is 22.2 Å². The maximum Gasteiger partial charge on any atom is 0.244 e. The van der Waals surface area contributed by atoms with Crippen LogP contribution in [0, 0.1) is 0 Å². The van der Waals surface area contributed by atoms with Crippen LogP contribution in [-0.2, 0) is 20.2 Å². The first-order valence-electron chi connectivity index (χ1n) is 8.46. The van der Waals surface area contributed by atoms with E-state index in [0.717, 1.165) is 24.7 Å². The summed E-state index contributed by atoms with van der Waals surface area (Å²) in [6, 6.07) is 17.1. The quantitative estimate of drug-likeness (QED) is 0.736. The highest BCUT2D eigenvalue weighted by molar-refractivity contribution is 7.92. The first-order chi connectivity index (χ1) is 12.4. The Hall–Kier alpha value is -2.60. The maximum absolute atomic E-state index is 12.1. The molecule has 0 bridgehead atoms. The van der Waals surface area contributed by atoms with Gasteiger partial charge in [0.25, 0.3) is 0 Å². The number of benzene rings is 2. The van der Waals surface area contributed by atoms with Crippen LogP contribution >= 0.6 is 0 Å². The SMILES string of the molecule is CS(=O)(=O)Nc1ccc(/C=C/C(=O)NCC2(c3ccccc3)CC2)cc1. The van der Waals surface area contributed by atoms with Crippen LogP contribution in [0.2, 0.25) is 0 Å². The van der Waals surface area contributed by atoms with Crippen molar-refractivity contribution in [3.8, 4) is 0 Å². The molecule has 1 amide bonds. The Balaban J connectivity index is 1.53. The number of nitrogens with one attached hydrogen (secondary N) is 2. The number of sulfonamides is 1. The van der Waals surface area contributed by atoms with Gasteiger partial charge in [0, 0.05) is 23.7 Å². The molecule has 0 atom stereocenters. The molecule has 0 radical (unpaired) electrons. The third kappa shape index (κ3) is 4.95. The maximum atomic E-state index is 12.1. The molecule has 0 spiro atoms. The molecule has 1 fully saturated rings. The van der Waals surface area contributed by atoms with E-state index in [9.17, 15) is 13.2 Å². The van der Waals surface area contributed by atoms with E-state index in [1.54, 1.807) is 30.3 Å². The fourth-order valence-electron chi connectivity index (χ4n) is 2.87. The first kappa shape index (κ1) is 18.2. The largest absolute Gasteiger partial charge is 0.352 e. The summed E-state index contributed by atoms with van der Waals surface area (Å²) in [6.45, 7) is 0.636. The summed E-state index contributed by atoms with van der Waals surface area (Å²) < 4.78 is 24.8. The second-order valence-electron chi connectivity index (χ2n) is 6.69. The average molecular weight is 370 g/mol. The molecule has 5 nitrogen and oxygen atoms in total. The lowest BCUT2D eigenvalue weighted by Gasteiger charge is -2.15. The molecule has 3 rings (SSSR count). The van der Waals surface area contributed by atoms with Crippen molar-refractivity contribution < 1.29 is 13.2 Å². The lowest BCUT2D eigenvalue weighted by Crippen LogP contribution is -2.30. The van der Waals surface area contributed by atoms with Crippen LogP contribution in [0.15, 0.2) is 60.7 Å². The van der Waals surface area contributed by atoms with Crippen molar-refractivity contribution >= 4 is 27.7 Å². The van der Waals surface area contributed by atoms with Crippen LogP contribution in [0.3, 0.4) is 0 Å². The molecule has 1 aliphatic carbocycles. The van der Waals surface area contributed by atoms with Crippen molar-refractivity contribution in [1.82, 2.24) is 5.32 Å². The molecule has 0 aliphatic heterocycles. The van der Waals surface area contributed by atoms with Gasteiger partial charge in [0.1, 0.15) is 0 Å². The van der Waals surface area contributed by atoms with Crippen LogP contribution in [-0.4, -0.2) is 27.1 Å². The van der Waals surface area contributed by atoms with Gasteiger partial charge in [0.2, 0.25) is 15.9 Å². The number of rotatable bonds is 7. The van der Waals surface area contributed by atoms with Crippen molar-refractivity contribution in [3.63, 3.8) is 0 Å². The van der Waals surface area contributed by atoms with Crippen LogP contribution in [0.25, 0.3) is 6.08 Å². The second kappa shape index (κ2) is 7.33. The van der Waals surface area contributed by atoms with E-state index >= 15 is 0 Å². The van der Waals surface area contributed by atoms with Gasteiger partial charge in [-0.3, -0.25) is 9.52 Å². The Morgan fingerprint density at radius 1 is 1.08 bits per heavy atom. The summed E-state index contributed by atoms with van der Waals surface area (Å²) in [5, 5.41) is 2.98. The molecule has 2 N–H and O–H groups in total. The Morgan fingerprint density at radius 3 is 2.31 bits per heavy atom. The third-order valence-corrected chi connectivity index (χ3v) is 5.09. The van der Waals surface area contributed by atoms with E-state index in [1.165, 1.54) is 11.6 Å². The number of amides is 1. The lowest BCUT2D eigenvalue weighted by molar-refractivity contribution is -0.116. The van der Waals surface area contributed by atoms with Crippen LogP contribution in [0.4, 0.5) is 5.69 Å². The molecular formula is C20H22N2O3S. The molecule has 0 heterocycles. The Labute approximate surface area is 154 Å². The number of anilines is 1. The lowest BCUT2D eigenvalue weighted by atomic mass is 9.96. The molecule has 0 unspecified atom stereocenters. The van der Waals surface area contributed by atoms with Crippen LogP contribution in [0.1, 0.15) is 24.0 Å². The van der Waals surface area contributed by atoms with Crippen LogP contribution < -0.4 is 10.0 Å². The molecular weight excluding hydrogens is 348 g/mol.